The number of sulfonamides is 1. The summed E-state index contributed by atoms with van der Waals surface area (Å²) in [5.41, 5.74) is -0.163. The molecule has 0 unspecified atom stereocenters. The first-order valence-electron chi connectivity index (χ1n) is 6.43. The predicted molar refractivity (Wildman–Crippen MR) is 81.4 cm³/mol. The molecule has 1 heterocycles. The van der Waals surface area contributed by atoms with Crippen molar-refractivity contribution in [3.63, 3.8) is 0 Å². The Morgan fingerprint density at radius 3 is 2.35 bits per heavy atom. The fourth-order valence-electron chi connectivity index (χ4n) is 1.49. The second-order valence-electron chi connectivity index (χ2n) is 5.61. The van der Waals surface area contributed by atoms with Crippen LogP contribution in [0.15, 0.2) is 6.07 Å². The van der Waals surface area contributed by atoms with Crippen LogP contribution in [0.25, 0.3) is 0 Å². The summed E-state index contributed by atoms with van der Waals surface area (Å²) in [6, 6.07) is 1.78. The molecule has 4 N–H and O–H groups in total. The van der Waals surface area contributed by atoms with Crippen LogP contribution in [0.1, 0.15) is 33.0 Å². The van der Waals surface area contributed by atoms with E-state index in [-0.39, 0.29) is 11.2 Å². The summed E-state index contributed by atoms with van der Waals surface area (Å²) in [7, 11) is -1.62. The molecule has 0 aliphatic rings. The average molecular weight is 301 g/mol. The molecular weight excluding hydrogens is 278 g/mol. The molecule has 0 spiro atoms. The Hall–Kier alpha value is -1.41. The van der Waals surface area contributed by atoms with E-state index in [1.54, 1.807) is 13.1 Å². The standard InChI is InChI=1S/C12H23N5O2S/c1-12(2,3)11-16-9(14-4)8-10(17-11)15-6-5-7-20(13,18)19/h8H,5-7H2,1-4H3,(H2,13,18,19)(H2,14,15,16,17). The molecule has 20 heavy (non-hydrogen) atoms. The molecule has 0 saturated heterocycles. The molecule has 1 aromatic heterocycles. The van der Waals surface area contributed by atoms with Crippen molar-refractivity contribution in [2.24, 2.45) is 5.14 Å². The zero-order valence-corrected chi connectivity index (χ0v) is 13.2. The maximum atomic E-state index is 10.8. The molecule has 0 amide bonds. The van der Waals surface area contributed by atoms with Gasteiger partial charge in [-0.05, 0) is 6.42 Å². The lowest BCUT2D eigenvalue weighted by Gasteiger charge is -2.18. The number of hydrogen-bond donors (Lipinski definition) is 3. The van der Waals surface area contributed by atoms with Crippen molar-refractivity contribution in [2.75, 3.05) is 30.0 Å². The zero-order valence-electron chi connectivity index (χ0n) is 12.4. The van der Waals surface area contributed by atoms with E-state index in [1.807, 2.05) is 20.8 Å². The first-order valence-corrected chi connectivity index (χ1v) is 8.15. The highest BCUT2D eigenvalue weighted by atomic mass is 32.2. The molecule has 7 nitrogen and oxygen atoms in total. The zero-order chi connectivity index (χ0) is 15.4. The van der Waals surface area contributed by atoms with Crippen LogP contribution in [0.5, 0.6) is 0 Å². The third-order valence-electron chi connectivity index (χ3n) is 2.56. The molecule has 0 fully saturated rings. The van der Waals surface area contributed by atoms with Gasteiger partial charge in [0.2, 0.25) is 10.0 Å². The fourth-order valence-corrected chi connectivity index (χ4v) is 2.04. The lowest BCUT2D eigenvalue weighted by Crippen LogP contribution is -2.20. The van der Waals surface area contributed by atoms with E-state index >= 15 is 0 Å². The van der Waals surface area contributed by atoms with Gasteiger partial charge in [-0.1, -0.05) is 20.8 Å². The van der Waals surface area contributed by atoms with E-state index in [9.17, 15) is 8.42 Å². The van der Waals surface area contributed by atoms with Crippen LogP contribution in [0.4, 0.5) is 11.6 Å². The van der Waals surface area contributed by atoms with Crippen molar-refractivity contribution < 1.29 is 8.42 Å². The lowest BCUT2D eigenvalue weighted by molar-refractivity contribution is 0.546. The van der Waals surface area contributed by atoms with E-state index in [4.69, 9.17) is 5.14 Å². The lowest BCUT2D eigenvalue weighted by atomic mass is 9.96. The molecule has 0 aliphatic carbocycles. The minimum absolute atomic E-state index is 0.0455. The van der Waals surface area contributed by atoms with Crippen molar-refractivity contribution in [1.29, 1.82) is 0 Å². The maximum Gasteiger partial charge on any atom is 0.209 e. The molecular formula is C12H23N5O2S. The number of nitrogens with one attached hydrogen (secondary N) is 2. The Balaban J connectivity index is 2.75. The predicted octanol–water partition coefficient (Wildman–Crippen LogP) is 0.906. The van der Waals surface area contributed by atoms with Gasteiger partial charge in [0.1, 0.15) is 17.5 Å². The average Bonchev–Trinajstić information content (AvgIpc) is 2.32. The number of aromatic nitrogens is 2. The number of rotatable bonds is 6. The van der Waals surface area contributed by atoms with Crippen LogP contribution in [-0.4, -0.2) is 37.7 Å². The third kappa shape index (κ3) is 5.70. The minimum Gasteiger partial charge on any atom is -0.373 e. The van der Waals surface area contributed by atoms with Gasteiger partial charge in [0.05, 0.1) is 5.75 Å². The third-order valence-corrected chi connectivity index (χ3v) is 3.42. The Morgan fingerprint density at radius 1 is 1.25 bits per heavy atom. The molecule has 0 atom stereocenters. The van der Waals surface area contributed by atoms with Crippen molar-refractivity contribution in [2.45, 2.75) is 32.6 Å². The molecule has 1 rings (SSSR count). The SMILES string of the molecule is CNc1cc(NCCCS(N)(=O)=O)nc(C(C)(C)C)n1. The highest BCUT2D eigenvalue weighted by Gasteiger charge is 2.18. The van der Waals surface area contributed by atoms with Crippen molar-refractivity contribution >= 4 is 21.7 Å². The molecule has 0 bridgehead atoms. The van der Waals surface area contributed by atoms with E-state index in [2.05, 4.69) is 20.6 Å². The Bertz CT molecular complexity index is 551. The summed E-state index contributed by atoms with van der Waals surface area (Å²) in [5, 5.41) is 11.0. The van der Waals surface area contributed by atoms with Gasteiger partial charge in [-0.3, -0.25) is 0 Å². The molecule has 0 aromatic carbocycles. The number of anilines is 2. The molecule has 0 saturated carbocycles. The quantitative estimate of drug-likeness (QED) is 0.674. The topological polar surface area (TPSA) is 110 Å². The van der Waals surface area contributed by atoms with Crippen molar-refractivity contribution in [3.05, 3.63) is 11.9 Å². The Morgan fingerprint density at radius 2 is 1.85 bits per heavy atom. The van der Waals surface area contributed by atoms with Crippen molar-refractivity contribution in [1.82, 2.24) is 9.97 Å². The summed E-state index contributed by atoms with van der Waals surface area (Å²) in [6.07, 6.45) is 0.433. The van der Waals surface area contributed by atoms with Crippen LogP contribution < -0.4 is 15.8 Å². The molecule has 0 radical (unpaired) electrons. The van der Waals surface area contributed by atoms with Crippen LogP contribution in [0.2, 0.25) is 0 Å². The van der Waals surface area contributed by atoms with Gasteiger partial charge >= 0.3 is 0 Å². The number of nitrogens with zero attached hydrogens (tertiary/aromatic N) is 2. The Kier molecular flexibility index (Phi) is 5.29. The van der Waals surface area contributed by atoms with Gasteiger partial charge in [0, 0.05) is 25.1 Å². The largest absolute Gasteiger partial charge is 0.373 e. The van der Waals surface area contributed by atoms with E-state index in [0.717, 1.165) is 11.6 Å². The van der Waals surface area contributed by atoms with E-state index in [0.29, 0.717) is 18.8 Å². The number of hydrogen-bond acceptors (Lipinski definition) is 6. The maximum absolute atomic E-state index is 10.8. The van der Waals surface area contributed by atoms with Gasteiger partial charge in [-0.15, -0.1) is 0 Å². The highest BCUT2D eigenvalue weighted by molar-refractivity contribution is 7.89. The van der Waals surface area contributed by atoms with E-state index in [1.165, 1.54) is 0 Å². The molecule has 114 valence electrons. The van der Waals surface area contributed by atoms with Crippen LogP contribution >= 0.6 is 0 Å². The van der Waals surface area contributed by atoms with Crippen LogP contribution in [-0.2, 0) is 15.4 Å². The molecule has 8 heteroatoms. The normalized spacial score (nSPS) is 12.2. The number of primary sulfonamides is 1. The van der Waals surface area contributed by atoms with Crippen molar-refractivity contribution in [3.8, 4) is 0 Å². The van der Waals surface area contributed by atoms with Gasteiger partial charge in [0.25, 0.3) is 0 Å². The summed E-state index contributed by atoms with van der Waals surface area (Å²) < 4.78 is 21.7. The second-order valence-corrected chi connectivity index (χ2v) is 7.34. The summed E-state index contributed by atoms with van der Waals surface area (Å²) in [4.78, 5) is 8.86. The smallest absolute Gasteiger partial charge is 0.209 e. The highest BCUT2D eigenvalue weighted by Crippen LogP contribution is 2.22. The fraction of sp³-hybridized carbons (Fsp3) is 0.667. The first-order chi connectivity index (χ1) is 9.12. The van der Waals surface area contributed by atoms with Crippen LogP contribution in [0, 0.1) is 0 Å². The van der Waals surface area contributed by atoms with Crippen LogP contribution in [0.3, 0.4) is 0 Å². The van der Waals surface area contributed by atoms with E-state index < -0.39 is 10.0 Å². The monoisotopic (exact) mass is 301 g/mol. The minimum atomic E-state index is -3.41. The molecule has 1 aromatic rings. The van der Waals surface area contributed by atoms with Gasteiger partial charge < -0.3 is 10.6 Å². The summed E-state index contributed by atoms with van der Waals surface area (Å²) >= 11 is 0. The van der Waals surface area contributed by atoms with Gasteiger partial charge in [0.15, 0.2) is 0 Å². The summed E-state index contributed by atoms with van der Waals surface area (Å²) in [6.45, 7) is 6.59. The Labute approximate surface area is 120 Å². The molecule has 0 aliphatic heterocycles. The van der Waals surface area contributed by atoms with Gasteiger partial charge in [-0.25, -0.2) is 23.5 Å². The first kappa shape index (κ1) is 16.6. The number of nitrogens with two attached hydrogens (primary N) is 1. The summed E-state index contributed by atoms with van der Waals surface area (Å²) in [5.74, 6) is 2.07. The van der Waals surface area contributed by atoms with Gasteiger partial charge in [-0.2, -0.15) is 0 Å². The second kappa shape index (κ2) is 6.36.